The Morgan fingerprint density at radius 3 is 2.48 bits per heavy atom. The highest BCUT2D eigenvalue weighted by Crippen LogP contribution is 2.38. The normalized spacial score (nSPS) is 10.9. The molecule has 0 aliphatic carbocycles. The second-order valence-electron chi connectivity index (χ2n) is 6.80. The second kappa shape index (κ2) is 6.81. The molecule has 2 heterocycles. The number of para-hydroxylation sites is 2. The van der Waals surface area contributed by atoms with Gasteiger partial charge in [-0.2, -0.15) is 5.26 Å². The Bertz CT molecular complexity index is 1390. The van der Waals surface area contributed by atoms with Crippen LogP contribution < -0.4 is 4.74 Å². The number of pyridine rings is 1. The summed E-state index contributed by atoms with van der Waals surface area (Å²) in [7, 11) is 1.63. The van der Waals surface area contributed by atoms with Crippen LogP contribution in [0.5, 0.6) is 5.88 Å². The van der Waals surface area contributed by atoms with Crippen molar-refractivity contribution in [2.75, 3.05) is 7.11 Å². The average molecular weight is 375 g/mol. The molecular weight excluding hydrogens is 358 g/mol. The molecule has 0 atom stereocenters. The monoisotopic (exact) mass is 375 g/mol. The number of fused-ring (bicyclic) bond motifs is 3. The zero-order valence-corrected chi connectivity index (χ0v) is 15.8. The van der Waals surface area contributed by atoms with Crippen molar-refractivity contribution in [3.8, 4) is 28.8 Å². The van der Waals surface area contributed by atoms with Gasteiger partial charge in [0.05, 0.1) is 29.8 Å². The smallest absolute Gasteiger partial charge is 0.213 e. The largest absolute Gasteiger partial charge is 0.481 e. The van der Waals surface area contributed by atoms with Gasteiger partial charge < -0.3 is 9.30 Å². The van der Waals surface area contributed by atoms with Gasteiger partial charge in [0.1, 0.15) is 0 Å². The lowest BCUT2D eigenvalue weighted by Crippen LogP contribution is -1.96. The lowest BCUT2D eigenvalue weighted by atomic mass is 10.0. The van der Waals surface area contributed by atoms with Gasteiger partial charge in [-0.05, 0) is 42.0 Å². The summed E-state index contributed by atoms with van der Waals surface area (Å²) in [6, 6.07) is 28.6. The Hall–Kier alpha value is -4.10. The van der Waals surface area contributed by atoms with Crippen LogP contribution in [0, 0.1) is 11.3 Å². The molecule has 5 rings (SSSR count). The first-order chi connectivity index (χ1) is 14.3. The van der Waals surface area contributed by atoms with Gasteiger partial charge in [0.2, 0.25) is 5.88 Å². The minimum Gasteiger partial charge on any atom is -0.481 e. The molecule has 0 saturated heterocycles. The van der Waals surface area contributed by atoms with E-state index in [1.807, 2.05) is 36.4 Å². The van der Waals surface area contributed by atoms with Crippen molar-refractivity contribution in [3.05, 3.63) is 90.6 Å². The van der Waals surface area contributed by atoms with Crippen molar-refractivity contribution in [1.82, 2.24) is 9.55 Å². The van der Waals surface area contributed by atoms with E-state index in [-0.39, 0.29) is 0 Å². The number of benzene rings is 3. The highest BCUT2D eigenvalue weighted by atomic mass is 16.5. The fourth-order valence-corrected chi connectivity index (χ4v) is 3.89. The van der Waals surface area contributed by atoms with E-state index in [1.54, 1.807) is 13.3 Å². The van der Waals surface area contributed by atoms with Gasteiger partial charge in [0, 0.05) is 34.3 Å². The third-order valence-electron chi connectivity index (χ3n) is 5.20. The van der Waals surface area contributed by atoms with Crippen molar-refractivity contribution in [3.63, 3.8) is 0 Å². The van der Waals surface area contributed by atoms with Crippen molar-refractivity contribution in [1.29, 1.82) is 5.26 Å². The van der Waals surface area contributed by atoms with Gasteiger partial charge in [-0.15, -0.1) is 0 Å². The predicted molar refractivity (Wildman–Crippen MR) is 115 cm³/mol. The maximum atomic E-state index is 9.17. The molecule has 0 aliphatic heterocycles. The van der Waals surface area contributed by atoms with E-state index in [1.165, 1.54) is 10.8 Å². The van der Waals surface area contributed by atoms with E-state index in [9.17, 15) is 5.26 Å². The van der Waals surface area contributed by atoms with Gasteiger partial charge in [0.15, 0.2) is 0 Å². The van der Waals surface area contributed by atoms with Crippen LogP contribution in [0.25, 0.3) is 38.6 Å². The average Bonchev–Trinajstić information content (AvgIpc) is 3.14. The fourth-order valence-electron chi connectivity index (χ4n) is 3.89. The van der Waals surface area contributed by atoms with Crippen LogP contribution in [0.2, 0.25) is 0 Å². The Morgan fingerprint density at radius 1 is 0.897 bits per heavy atom. The van der Waals surface area contributed by atoms with Crippen molar-refractivity contribution < 1.29 is 4.74 Å². The molecular formula is C25H17N3O. The van der Waals surface area contributed by atoms with E-state index in [0.29, 0.717) is 11.4 Å². The van der Waals surface area contributed by atoms with Gasteiger partial charge >= 0.3 is 0 Å². The molecule has 0 unspecified atom stereocenters. The van der Waals surface area contributed by atoms with Crippen LogP contribution in [0.1, 0.15) is 5.56 Å². The summed E-state index contributed by atoms with van der Waals surface area (Å²) in [5.41, 5.74) is 6.05. The van der Waals surface area contributed by atoms with Gasteiger partial charge in [0.25, 0.3) is 0 Å². The van der Waals surface area contributed by atoms with E-state index >= 15 is 0 Å². The summed E-state index contributed by atoms with van der Waals surface area (Å²) in [5, 5.41) is 11.5. The quantitative estimate of drug-likeness (QED) is 0.405. The van der Waals surface area contributed by atoms with Crippen LogP contribution in [-0.4, -0.2) is 16.7 Å². The maximum Gasteiger partial charge on any atom is 0.213 e. The molecule has 4 nitrogen and oxygen atoms in total. The summed E-state index contributed by atoms with van der Waals surface area (Å²) >= 11 is 0. The first kappa shape index (κ1) is 17.0. The van der Waals surface area contributed by atoms with Crippen LogP contribution in [0.3, 0.4) is 0 Å². The van der Waals surface area contributed by atoms with Crippen LogP contribution in [0.15, 0.2) is 85.1 Å². The van der Waals surface area contributed by atoms with Crippen LogP contribution in [-0.2, 0) is 0 Å². The molecule has 0 radical (unpaired) electrons. The van der Waals surface area contributed by atoms with E-state index in [2.05, 4.69) is 58.1 Å². The highest BCUT2D eigenvalue weighted by Gasteiger charge is 2.16. The minimum atomic E-state index is 0.584. The van der Waals surface area contributed by atoms with Crippen molar-refractivity contribution >= 4 is 21.8 Å². The summed E-state index contributed by atoms with van der Waals surface area (Å²) in [4.78, 5) is 4.25. The lowest BCUT2D eigenvalue weighted by molar-refractivity contribution is 0.398. The molecule has 2 aromatic heterocycles. The maximum absolute atomic E-state index is 9.17. The number of hydrogen-bond donors (Lipinski definition) is 0. The van der Waals surface area contributed by atoms with Gasteiger partial charge in [-0.3, -0.25) is 0 Å². The molecule has 3 aromatic carbocycles. The Kier molecular flexibility index (Phi) is 4.00. The Balaban J connectivity index is 1.90. The van der Waals surface area contributed by atoms with Crippen LogP contribution in [0.4, 0.5) is 0 Å². The number of rotatable bonds is 3. The van der Waals surface area contributed by atoms with E-state index in [4.69, 9.17) is 4.74 Å². The molecule has 5 aromatic rings. The first-order valence-electron chi connectivity index (χ1n) is 9.33. The topological polar surface area (TPSA) is 50.8 Å². The number of hydrogen-bond acceptors (Lipinski definition) is 3. The Morgan fingerprint density at radius 2 is 1.69 bits per heavy atom. The molecule has 0 fully saturated rings. The molecule has 4 heteroatoms. The van der Waals surface area contributed by atoms with E-state index < -0.39 is 0 Å². The molecule has 138 valence electrons. The van der Waals surface area contributed by atoms with Gasteiger partial charge in [-0.25, -0.2) is 4.98 Å². The molecule has 0 spiro atoms. The van der Waals surface area contributed by atoms with Crippen LogP contribution >= 0.6 is 0 Å². The summed E-state index contributed by atoms with van der Waals surface area (Å²) in [6.45, 7) is 0. The standard InChI is InChI=1S/C25H17N3O/c1-29-24-15-18(13-14-27-24)20-6-4-7-22-21-5-2-3-8-23(21)28(25(20)22)19-11-9-17(16-26)10-12-19/h2-15H,1H3. The van der Waals surface area contributed by atoms with Crippen molar-refractivity contribution in [2.45, 2.75) is 0 Å². The zero-order valence-electron chi connectivity index (χ0n) is 15.8. The molecule has 0 N–H and O–H groups in total. The highest BCUT2D eigenvalue weighted by molar-refractivity contribution is 6.13. The fraction of sp³-hybridized carbons (Fsp3) is 0.0400. The number of ether oxygens (including phenoxy) is 1. The molecule has 0 aliphatic rings. The molecule has 0 bridgehead atoms. The number of aromatic nitrogens is 2. The number of methoxy groups -OCH3 is 1. The third kappa shape index (κ3) is 2.72. The Labute approximate surface area is 168 Å². The SMILES string of the molecule is COc1cc(-c2cccc3c4ccccc4n(-c4ccc(C#N)cc4)c23)ccn1. The lowest BCUT2D eigenvalue weighted by Gasteiger charge is -2.12. The minimum absolute atomic E-state index is 0.584. The zero-order chi connectivity index (χ0) is 19.8. The predicted octanol–water partition coefficient (Wildman–Crippen LogP) is 5.73. The molecule has 29 heavy (non-hydrogen) atoms. The third-order valence-corrected chi connectivity index (χ3v) is 5.20. The second-order valence-corrected chi connectivity index (χ2v) is 6.80. The summed E-state index contributed by atoms with van der Waals surface area (Å²) < 4.78 is 7.60. The molecule has 0 amide bonds. The summed E-state index contributed by atoms with van der Waals surface area (Å²) in [5.74, 6) is 0.584. The number of nitrogens with zero attached hydrogens (tertiary/aromatic N) is 3. The van der Waals surface area contributed by atoms with E-state index in [0.717, 1.165) is 27.8 Å². The number of nitriles is 1. The molecule has 0 saturated carbocycles. The van der Waals surface area contributed by atoms with Gasteiger partial charge in [-0.1, -0.05) is 36.4 Å². The van der Waals surface area contributed by atoms with Crippen molar-refractivity contribution in [2.24, 2.45) is 0 Å². The first-order valence-corrected chi connectivity index (χ1v) is 9.33. The summed E-state index contributed by atoms with van der Waals surface area (Å²) in [6.07, 6.45) is 1.77.